The van der Waals surface area contributed by atoms with Gasteiger partial charge in [-0.2, -0.15) is 0 Å². The van der Waals surface area contributed by atoms with Crippen LogP contribution in [-0.2, 0) is 10.4 Å². The maximum Gasteiger partial charge on any atom is 0.261 e. The van der Waals surface area contributed by atoms with Gasteiger partial charge in [-0.3, -0.25) is 9.59 Å². The number of hydrogen-bond acceptors (Lipinski definition) is 5. The standard InChI is InChI=1S/C16H20N2O4S/c1-11-5-6-13(22-11)16(2,21)10-18-14(19)7-8-17-15(20)12-4-3-9-23-12/h3-6,9,21H,7-8,10H2,1-2H3,(H,17,20)(H,18,19). The van der Waals surface area contributed by atoms with Gasteiger partial charge in [0.15, 0.2) is 0 Å². The van der Waals surface area contributed by atoms with E-state index in [2.05, 4.69) is 10.6 Å². The third-order valence-corrected chi connectivity index (χ3v) is 4.15. The van der Waals surface area contributed by atoms with Gasteiger partial charge in [-0.15, -0.1) is 11.3 Å². The van der Waals surface area contributed by atoms with E-state index in [4.69, 9.17) is 4.42 Å². The Morgan fingerprint density at radius 3 is 2.70 bits per heavy atom. The van der Waals surface area contributed by atoms with Crippen molar-refractivity contribution < 1.29 is 19.1 Å². The van der Waals surface area contributed by atoms with Gasteiger partial charge in [-0.25, -0.2) is 0 Å². The summed E-state index contributed by atoms with van der Waals surface area (Å²) >= 11 is 1.35. The highest BCUT2D eigenvalue weighted by atomic mass is 32.1. The summed E-state index contributed by atoms with van der Waals surface area (Å²) in [6, 6.07) is 6.96. The Morgan fingerprint density at radius 1 is 1.30 bits per heavy atom. The van der Waals surface area contributed by atoms with E-state index in [-0.39, 0.29) is 31.3 Å². The van der Waals surface area contributed by atoms with E-state index in [9.17, 15) is 14.7 Å². The highest BCUT2D eigenvalue weighted by Gasteiger charge is 2.27. The average Bonchev–Trinajstić information content (AvgIpc) is 3.16. The van der Waals surface area contributed by atoms with E-state index in [1.165, 1.54) is 11.3 Å². The lowest BCUT2D eigenvalue weighted by molar-refractivity contribution is -0.122. The molecule has 0 aliphatic rings. The van der Waals surface area contributed by atoms with E-state index in [1.807, 2.05) is 5.38 Å². The summed E-state index contributed by atoms with van der Waals surface area (Å²) in [5, 5.41) is 17.4. The van der Waals surface area contributed by atoms with Crippen molar-refractivity contribution in [3.05, 3.63) is 46.0 Å². The van der Waals surface area contributed by atoms with Crippen LogP contribution in [0.3, 0.4) is 0 Å². The van der Waals surface area contributed by atoms with Crippen molar-refractivity contribution in [2.24, 2.45) is 0 Å². The maximum atomic E-state index is 11.8. The molecule has 23 heavy (non-hydrogen) atoms. The van der Waals surface area contributed by atoms with Crippen LogP contribution in [0.1, 0.15) is 34.5 Å². The summed E-state index contributed by atoms with van der Waals surface area (Å²) in [7, 11) is 0. The van der Waals surface area contributed by atoms with E-state index in [1.54, 1.807) is 38.1 Å². The van der Waals surface area contributed by atoms with Gasteiger partial charge in [0.2, 0.25) is 5.91 Å². The van der Waals surface area contributed by atoms with Gasteiger partial charge in [0.25, 0.3) is 5.91 Å². The number of amides is 2. The zero-order valence-electron chi connectivity index (χ0n) is 13.1. The van der Waals surface area contributed by atoms with Crippen LogP contribution < -0.4 is 10.6 Å². The van der Waals surface area contributed by atoms with Gasteiger partial charge in [-0.1, -0.05) is 6.07 Å². The molecule has 2 aromatic heterocycles. The fraction of sp³-hybridized carbons (Fsp3) is 0.375. The Balaban J connectivity index is 1.71. The number of hydrogen-bond donors (Lipinski definition) is 3. The first-order chi connectivity index (χ1) is 10.9. The van der Waals surface area contributed by atoms with Gasteiger partial charge >= 0.3 is 0 Å². The quantitative estimate of drug-likeness (QED) is 0.719. The first-order valence-electron chi connectivity index (χ1n) is 7.26. The number of thiophene rings is 1. The van der Waals surface area contributed by atoms with Crippen molar-refractivity contribution in [2.75, 3.05) is 13.1 Å². The Kier molecular flexibility index (Phi) is 5.57. The largest absolute Gasteiger partial charge is 0.463 e. The minimum Gasteiger partial charge on any atom is -0.463 e. The van der Waals surface area contributed by atoms with E-state index in [0.29, 0.717) is 16.4 Å². The average molecular weight is 336 g/mol. The number of nitrogens with one attached hydrogen (secondary N) is 2. The van der Waals surface area contributed by atoms with Crippen molar-refractivity contribution in [3.8, 4) is 0 Å². The first-order valence-corrected chi connectivity index (χ1v) is 8.14. The second kappa shape index (κ2) is 7.43. The van der Waals surface area contributed by atoms with E-state index < -0.39 is 5.60 Å². The van der Waals surface area contributed by atoms with Crippen LogP contribution in [0.25, 0.3) is 0 Å². The number of aryl methyl sites for hydroxylation is 1. The predicted octanol–water partition coefficient (Wildman–Crippen LogP) is 1.79. The molecule has 0 aliphatic carbocycles. The van der Waals surface area contributed by atoms with Crippen LogP contribution in [0, 0.1) is 6.92 Å². The zero-order valence-corrected chi connectivity index (χ0v) is 13.9. The first kappa shape index (κ1) is 17.2. The zero-order chi connectivity index (χ0) is 16.9. The molecule has 1 unspecified atom stereocenters. The Hall–Kier alpha value is -2.12. The van der Waals surface area contributed by atoms with Crippen molar-refractivity contribution in [1.29, 1.82) is 0 Å². The lowest BCUT2D eigenvalue weighted by Gasteiger charge is -2.21. The number of furan rings is 1. The fourth-order valence-corrected chi connectivity index (χ4v) is 2.59. The SMILES string of the molecule is Cc1ccc(C(C)(O)CNC(=O)CCNC(=O)c2cccs2)o1. The van der Waals surface area contributed by atoms with Crippen molar-refractivity contribution in [1.82, 2.24) is 10.6 Å². The predicted molar refractivity (Wildman–Crippen MR) is 87.3 cm³/mol. The number of carbonyl (C=O) groups is 2. The smallest absolute Gasteiger partial charge is 0.261 e. The molecule has 0 radical (unpaired) electrons. The van der Waals surface area contributed by atoms with Crippen LogP contribution in [0.5, 0.6) is 0 Å². The molecule has 2 amide bonds. The molecule has 6 nitrogen and oxygen atoms in total. The van der Waals surface area contributed by atoms with E-state index >= 15 is 0 Å². The molecular weight excluding hydrogens is 316 g/mol. The van der Waals surface area contributed by atoms with Gasteiger partial charge < -0.3 is 20.2 Å². The molecule has 0 aromatic carbocycles. The third-order valence-electron chi connectivity index (χ3n) is 3.28. The van der Waals surface area contributed by atoms with Crippen molar-refractivity contribution in [3.63, 3.8) is 0 Å². The van der Waals surface area contributed by atoms with Gasteiger partial charge in [-0.05, 0) is 37.4 Å². The third kappa shape index (κ3) is 4.94. The maximum absolute atomic E-state index is 11.8. The van der Waals surface area contributed by atoms with Crippen molar-refractivity contribution >= 4 is 23.2 Å². The number of carbonyl (C=O) groups excluding carboxylic acids is 2. The molecule has 0 aliphatic heterocycles. The molecule has 1 atom stereocenters. The summed E-state index contributed by atoms with van der Waals surface area (Å²) in [5.41, 5.74) is -1.27. The normalized spacial score (nSPS) is 13.3. The molecule has 124 valence electrons. The molecule has 2 rings (SSSR count). The topological polar surface area (TPSA) is 91.6 Å². The molecule has 0 fully saturated rings. The second-order valence-corrected chi connectivity index (χ2v) is 6.39. The number of aliphatic hydroxyl groups is 1. The van der Waals surface area contributed by atoms with Gasteiger partial charge in [0.1, 0.15) is 17.1 Å². The minimum atomic E-state index is -1.27. The lowest BCUT2D eigenvalue weighted by atomic mass is 10.0. The fourth-order valence-electron chi connectivity index (χ4n) is 1.95. The monoisotopic (exact) mass is 336 g/mol. The summed E-state index contributed by atoms with van der Waals surface area (Å²) in [5.74, 6) is 0.662. The Labute approximate surface area is 138 Å². The van der Waals surface area contributed by atoms with Crippen LogP contribution in [-0.4, -0.2) is 30.0 Å². The Morgan fingerprint density at radius 2 is 2.09 bits per heavy atom. The summed E-state index contributed by atoms with van der Waals surface area (Å²) < 4.78 is 5.38. The van der Waals surface area contributed by atoms with Crippen molar-refractivity contribution in [2.45, 2.75) is 25.9 Å². The lowest BCUT2D eigenvalue weighted by Crippen LogP contribution is -2.39. The van der Waals surface area contributed by atoms with Gasteiger partial charge in [0.05, 0.1) is 11.4 Å². The number of rotatable bonds is 7. The molecule has 3 N–H and O–H groups in total. The van der Waals surface area contributed by atoms with E-state index in [0.717, 1.165) is 0 Å². The van der Waals surface area contributed by atoms with Crippen LogP contribution in [0.15, 0.2) is 34.1 Å². The molecule has 0 saturated heterocycles. The van der Waals surface area contributed by atoms with Crippen LogP contribution in [0.4, 0.5) is 0 Å². The summed E-state index contributed by atoms with van der Waals surface area (Å²) in [6.07, 6.45) is 0.143. The van der Waals surface area contributed by atoms with Crippen LogP contribution in [0.2, 0.25) is 0 Å². The molecule has 7 heteroatoms. The molecule has 2 heterocycles. The van der Waals surface area contributed by atoms with Gasteiger partial charge in [0, 0.05) is 13.0 Å². The molecule has 0 bridgehead atoms. The highest BCUT2D eigenvalue weighted by Crippen LogP contribution is 2.21. The minimum absolute atomic E-state index is 0.0393. The molecule has 0 saturated carbocycles. The molecular formula is C16H20N2O4S. The second-order valence-electron chi connectivity index (χ2n) is 5.44. The van der Waals surface area contributed by atoms with Crippen LogP contribution >= 0.6 is 11.3 Å². The Bertz CT molecular complexity index is 661. The molecule has 0 spiro atoms. The highest BCUT2D eigenvalue weighted by molar-refractivity contribution is 7.12. The summed E-state index contributed by atoms with van der Waals surface area (Å²) in [4.78, 5) is 24.1. The summed E-state index contributed by atoms with van der Waals surface area (Å²) in [6.45, 7) is 3.64. The molecule has 2 aromatic rings.